The molecule has 23 heavy (non-hydrogen) atoms. The number of nitrogens with one attached hydrogen (secondary N) is 2. The molecule has 0 aliphatic heterocycles. The fourth-order valence-corrected chi connectivity index (χ4v) is 2.69. The third-order valence-electron chi connectivity index (χ3n) is 2.69. The molecule has 2 aromatic carbocycles. The summed E-state index contributed by atoms with van der Waals surface area (Å²) < 4.78 is 13.6. The topological polar surface area (TPSA) is 58.2 Å². The third-order valence-corrected chi connectivity index (χ3v) is 4.27. The van der Waals surface area contributed by atoms with E-state index >= 15 is 0 Å². The second kappa shape index (κ2) is 8.19. The Morgan fingerprint density at radius 3 is 2.39 bits per heavy atom. The van der Waals surface area contributed by atoms with Gasteiger partial charge in [0.05, 0.1) is 16.3 Å². The van der Waals surface area contributed by atoms with Gasteiger partial charge in [-0.3, -0.25) is 20.4 Å². The van der Waals surface area contributed by atoms with E-state index in [4.69, 9.17) is 23.2 Å². The maximum atomic E-state index is 13.6. The molecule has 0 fully saturated rings. The van der Waals surface area contributed by atoms with Crippen molar-refractivity contribution in [1.82, 2.24) is 10.9 Å². The summed E-state index contributed by atoms with van der Waals surface area (Å²) in [5, 5.41) is 0.570. The van der Waals surface area contributed by atoms with E-state index in [2.05, 4.69) is 10.9 Å². The van der Waals surface area contributed by atoms with Crippen LogP contribution >= 0.6 is 35.0 Å². The van der Waals surface area contributed by atoms with Gasteiger partial charge in [0.2, 0.25) is 5.91 Å². The van der Waals surface area contributed by atoms with Gasteiger partial charge in [0.15, 0.2) is 0 Å². The minimum absolute atomic E-state index is 0.0349. The Balaban J connectivity index is 1.84. The van der Waals surface area contributed by atoms with Crippen molar-refractivity contribution >= 4 is 46.8 Å². The zero-order valence-electron chi connectivity index (χ0n) is 11.6. The number of rotatable bonds is 4. The molecule has 8 heteroatoms. The largest absolute Gasteiger partial charge is 0.274 e. The molecule has 0 spiro atoms. The molecule has 2 amide bonds. The van der Waals surface area contributed by atoms with Crippen LogP contribution in [0, 0.1) is 5.82 Å². The predicted molar refractivity (Wildman–Crippen MR) is 89.2 cm³/mol. The highest BCUT2D eigenvalue weighted by Gasteiger charge is 2.16. The summed E-state index contributed by atoms with van der Waals surface area (Å²) in [6, 6.07) is 10.9. The molecule has 0 atom stereocenters. The number of carbonyl (C=O) groups excluding carboxylic acids is 2. The number of halogens is 3. The van der Waals surface area contributed by atoms with Crippen molar-refractivity contribution in [3.05, 3.63) is 63.9 Å². The first-order chi connectivity index (χ1) is 11.0. The standard InChI is InChI=1S/C15H11Cl2FN2O2S/c16-9-4-6-10(7-5-9)23-8-13(21)19-20-15(22)14-11(17)2-1-3-12(14)18/h1-7H,8H2,(H,19,21)(H,20,22). The highest BCUT2D eigenvalue weighted by Crippen LogP contribution is 2.20. The molecule has 2 aromatic rings. The minimum Gasteiger partial charge on any atom is -0.272 e. The monoisotopic (exact) mass is 372 g/mol. The summed E-state index contributed by atoms with van der Waals surface area (Å²) in [5.41, 5.74) is 4.02. The minimum atomic E-state index is -0.821. The second-order valence-corrected chi connectivity index (χ2v) is 6.23. The van der Waals surface area contributed by atoms with E-state index in [-0.39, 0.29) is 16.3 Å². The van der Waals surface area contributed by atoms with Crippen molar-refractivity contribution in [2.45, 2.75) is 4.90 Å². The molecule has 0 radical (unpaired) electrons. The van der Waals surface area contributed by atoms with Crippen LogP contribution < -0.4 is 10.9 Å². The first kappa shape index (κ1) is 17.6. The quantitative estimate of drug-likeness (QED) is 0.635. The van der Waals surface area contributed by atoms with E-state index in [0.717, 1.165) is 11.0 Å². The third kappa shape index (κ3) is 5.13. The average Bonchev–Trinajstić information content (AvgIpc) is 2.52. The second-order valence-electron chi connectivity index (χ2n) is 4.34. The van der Waals surface area contributed by atoms with Crippen molar-refractivity contribution in [3.63, 3.8) is 0 Å². The molecule has 0 saturated heterocycles. The normalized spacial score (nSPS) is 10.2. The Morgan fingerprint density at radius 1 is 1.04 bits per heavy atom. The van der Waals surface area contributed by atoms with Crippen LogP contribution in [0.25, 0.3) is 0 Å². The molecular formula is C15H11Cl2FN2O2S. The van der Waals surface area contributed by atoms with Gasteiger partial charge >= 0.3 is 0 Å². The van der Waals surface area contributed by atoms with Gasteiger partial charge in [-0.25, -0.2) is 4.39 Å². The molecular weight excluding hydrogens is 362 g/mol. The molecule has 120 valence electrons. The summed E-state index contributed by atoms with van der Waals surface area (Å²) in [6.07, 6.45) is 0. The number of benzene rings is 2. The summed E-state index contributed by atoms with van der Waals surface area (Å²) >= 11 is 12.8. The summed E-state index contributed by atoms with van der Waals surface area (Å²) in [7, 11) is 0. The predicted octanol–water partition coefficient (Wildman–Crippen LogP) is 3.69. The highest BCUT2D eigenvalue weighted by molar-refractivity contribution is 8.00. The molecule has 0 aromatic heterocycles. The number of thioether (sulfide) groups is 1. The van der Waals surface area contributed by atoms with E-state index < -0.39 is 17.6 Å². The summed E-state index contributed by atoms with van der Waals surface area (Å²) in [5.74, 6) is -1.95. The Hall–Kier alpha value is -1.76. The highest BCUT2D eigenvalue weighted by atomic mass is 35.5. The summed E-state index contributed by atoms with van der Waals surface area (Å²) in [6.45, 7) is 0. The zero-order valence-corrected chi connectivity index (χ0v) is 13.9. The van der Waals surface area contributed by atoms with Crippen molar-refractivity contribution in [1.29, 1.82) is 0 Å². The number of hydrogen-bond donors (Lipinski definition) is 2. The molecule has 0 saturated carbocycles. The zero-order chi connectivity index (χ0) is 16.8. The molecule has 2 N–H and O–H groups in total. The maximum Gasteiger partial charge on any atom is 0.274 e. The van der Waals surface area contributed by atoms with Gasteiger partial charge in [-0.15, -0.1) is 11.8 Å². The molecule has 0 aliphatic carbocycles. The summed E-state index contributed by atoms with van der Waals surface area (Å²) in [4.78, 5) is 24.4. The van der Waals surface area contributed by atoms with Gasteiger partial charge in [-0.2, -0.15) is 0 Å². The van der Waals surface area contributed by atoms with Crippen LogP contribution in [-0.4, -0.2) is 17.6 Å². The van der Waals surface area contributed by atoms with Crippen molar-refractivity contribution in [2.24, 2.45) is 0 Å². The van der Waals surface area contributed by atoms with Gasteiger partial charge in [0, 0.05) is 9.92 Å². The Morgan fingerprint density at radius 2 is 1.74 bits per heavy atom. The van der Waals surface area contributed by atoms with Crippen LogP contribution in [0.4, 0.5) is 4.39 Å². The van der Waals surface area contributed by atoms with Crippen LogP contribution in [0.3, 0.4) is 0 Å². The molecule has 0 bridgehead atoms. The van der Waals surface area contributed by atoms with E-state index in [1.165, 1.54) is 23.9 Å². The van der Waals surface area contributed by atoms with Crippen LogP contribution in [0.1, 0.15) is 10.4 Å². The van der Waals surface area contributed by atoms with Crippen molar-refractivity contribution < 1.29 is 14.0 Å². The molecule has 0 aliphatic rings. The van der Waals surface area contributed by atoms with Gasteiger partial charge in [0.25, 0.3) is 5.91 Å². The lowest BCUT2D eigenvalue weighted by Gasteiger charge is -2.09. The smallest absolute Gasteiger partial charge is 0.272 e. The number of amides is 2. The average molecular weight is 373 g/mol. The van der Waals surface area contributed by atoms with E-state index in [9.17, 15) is 14.0 Å². The van der Waals surface area contributed by atoms with Crippen molar-refractivity contribution in [2.75, 3.05) is 5.75 Å². The van der Waals surface area contributed by atoms with E-state index in [1.807, 2.05) is 0 Å². The fourth-order valence-electron chi connectivity index (χ4n) is 1.62. The maximum absolute atomic E-state index is 13.6. The van der Waals surface area contributed by atoms with Crippen LogP contribution in [0.5, 0.6) is 0 Å². The first-order valence-electron chi connectivity index (χ1n) is 6.39. The van der Waals surface area contributed by atoms with Crippen LogP contribution in [0.15, 0.2) is 47.4 Å². The molecule has 0 heterocycles. The number of carbonyl (C=O) groups is 2. The van der Waals surface area contributed by atoms with Gasteiger partial charge < -0.3 is 0 Å². The Labute approximate surface area is 146 Å². The Kier molecular flexibility index (Phi) is 6.27. The van der Waals surface area contributed by atoms with Gasteiger partial charge in [0.1, 0.15) is 5.82 Å². The Bertz CT molecular complexity index is 706. The van der Waals surface area contributed by atoms with E-state index in [0.29, 0.717) is 5.02 Å². The van der Waals surface area contributed by atoms with Gasteiger partial charge in [-0.1, -0.05) is 29.3 Å². The van der Waals surface area contributed by atoms with Crippen molar-refractivity contribution in [3.8, 4) is 0 Å². The SMILES string of the molecule is O=C(CSc1ccc(Cl)cc1)NNC(=O)c1c(F)cccc1Cl. The van der Waals surface area contributed by atoms with Gasteiger partial charge in [-0.05, 0) is 36.4 Å². The van der Waals surface area contributed by atoms with E-state index in [1.54, 1.807) is 24.3 Å². The molecule has 4 nitrogen and oxygen atoms in total. The lowest BCUT2D eigenvalue weighted by atomic mass is 10.2. The number of hydrazine groups is 1. The fraction of sp³-hybridized carbons (Fsp3) is 0.0667. The lowest BCUT2D eigenvalue weighted by Crippen LogP contribution is -2.42. The number of hydrogen-bond acceptors (Lipinski definition) is 3. The lowest BCUT2D eigenvalue weighted by molar-refractivity contribution is -0.119. The van der Waals surface area contributed by atoms with Crippen LogP contribution in [-0.2, 0) is 4.79 Å². The first-order valence-corrected chi connectivity index (χ1v) is 8.13. The molecule has 0 unspecified atom stereocenters. The molecule has 2 rings (SSSR count). The van der Waals surface area contributed by atoms with Crippen LogP contribution in [0.2, 0.25) is 10.0 Å².